The number of primary sulfonamides is 1. The quantitative estimate of drug-likeness (QED) is 0.590. The van der Waals surface area contributed by atoms with Gasteiger partial charge in [-0.15, -0.1) is 0 Å². The van der Waals surface area contributed by atoms with Crippen LogP contribution in [0, 0.1) is 10.1 Å². The normalized spacial score (nSPS) is 11.8. The van der Waals surface area contributed by atoms with Gasteiger partial charge >= 0.3 is 5.69 Å². The molecule has 4 N–H and O–H groups in total. The topological polar surface area (TPSA) is 142 Å². The Morgan fingerprint density at radius 2 is 2.00 bits per heavy atom. The number of nitrogens with zero attached hydrogens (tertiary/aromatic N) is 2. The molecule has 1 heterocycles. The first kappa shape index (κ1) is 13.2. The second-order valence-corrected chi connectivity index (χ2v) is 4.37. The zero-order valence-corrected chi connectivity index (χ0v) is 8.82. The summed E-state index contributed by atoms with van der Waals surface area (Å²) in [6, 6.07) is 0.480. The van der Waals surface area contributed by atoms with Gasteiger partial charge in [0, 0.05) is 6.07 Å². The van der Waals surface area contributed by atoms with Crippen molar-refractivity contribution in [2.24, 2.45) is 5.14 Å². The van der Waals surface area contributed by atoms with E-state index in [0.717, 1.165) is 0 Å². The van der Waals surface area contributed by atoms with Gasteiger partial charge < -0.3 is 5.73 Å². The fourth-order valence-corrected chi connectivity index (χ4v) is 1.68. The first-order valence-electron chi connectivity index (χ1n) is 3.90. The molecule has 1 rings (SSSR count). The highest BCUT2D eigenvalue weighted by Gasteiger charge is 2.29. The van der Waals surface area contributed by atoms with E-state index >= 15 is 0 Å². The number of aromatic nitrogens is 1. The molecule has 8 nitrogen and oxygen atoms in total. The summed E-state index contributed by atoms with van der Waals surface area (Å²) in [6.07, 6.45) is -3.17. The minimum absolute atomic E-state index is 0.480. The van der Waals surface area contributed by atoms with Crippen LogP contribution in [0.25, 0.3) is 0 Å². The summed E-state index contributed by atoms with van der Waals surface area (Å²) in [5.74, 6) is 0. The largest absolute Gasteiger partial charge is 0.397 e. The minimum atomic E-state index is -4.59. The number of rotatable bonds is 3. The van der Waals surface area contributed by atoms with Gasteiger partial charge in [0.25, 0.3) is 16.4 Å². The van der Waals surface area contributed by atoms with Crippen LogP contribution in [0.5, 0.6) is 0 Å². The maximum Gasteiger partial charge on any atom is 0.310 e. The average molecular weight is 268 g/mol. The van der Waals surface area contributed by atoms with Crippen molar-refractivity contribution in [2.45, 2.75) is 11.5 Å². The molecule has 0 bridgehead atoms. The van der Waals surface area contributed by atoms with E-state index in [9.17, 15) is 27.3 Å². The van der Waals surface area contributed by atoms with E-state index in [4.69, 9.17) is 5.73 Å². The summed E-state index contributed by atoms with van der Waals surface area (Å²) in [4.78, 5) is 12.3. The molecule has 17 heavy (non-hydrogen) atoms. The van der Waals surface area contributed by atoms with Crippen molar-refractivity contribution in [3.8, 4) is 0 Å². The van der Waals surface area contributed by atoms with Crippen LogP contribution in [0.1, 0.15) is 12.1 Å². The molecule has 0 amide bonds. The molecule has 0 fully saturated rings. The van der Waals surface area contributed by atoms with Gasteiger partial charge in [0.15, 0.2) is 0 Å². The predicted molar refractivity (Wildman–Crippen MR) is 51.6 cm³/mol. The second-order valence-electron chi connectivity index (χ2n) is 2.89. The molecule has 0 atom stereocenters. The zero-order chi connectivity index (χ0) is 13.4. The number of nitro groups is 1. The first-order valence-corrected chi connectivity index (χ1v) is 5.45. The van der Waals surface area contributed by atoms with Crippen molar-refractivity contribution in [3.63, 3.8) is 0 Å². The van der Waals surface area contributed by atoms with Crippen molar-refractivity contribution >= 4 is 21.4 Å². The van der Waals surface area contributed by atoms with Gasteiger partial charge in [0.1, 0.15) is 5.69 Å². The zero-order valence-electron chi connectivity index (χ0n) is 8.00. The van der Waals surface area contributed by atoms with Crippen molar-refractivity contribution < 1.29 is 22.1 Å². The lowest BCUT2D eigenvalue weighted by molar-refractivity contribution is -0.388. The number of hydrogen-bond acceptors (Lipinski definition) is 6. The standard InChI is InChI=1S/C6H6F2N4O4S/c7-5(8)4-2(9)1-3(12(13)14)6(11-4)17(10,15)16/h1,5H,9H2,(H2,10,15,16). The highest BCUT2D eigenvalue weighted by molar-refractivity contribution is 7.89. The fraction of sp³-hybridized carbons (Fsp3) is 0.167. The van der Waals surface area contributed by atoms with Gasteiger partial charge in [-0.25, -0.2) is 27.3 Å². The Kier molecular flexibility index (Phi) is 3.24. The Bertz CT molecular complexity index is 574. The molecule has 0 unspecified atom stereocenters. The van der Waals surface area contributed by atoms with E-state index in [2.05, 4.69) is 10.1 Å². The molecule has 0 saturated heterocycles. The molecule has 0 aliphatic carbocycles. The number of anilines is 1. The third-order valence-electron chi connectivity index (χ3n) is 1.70. The van der Waals surface area contributed by atoms with Gasteiger partial charge in [-0.2, -0.15) is 0 Å². The van der Waals surface area contributed by atoms with E-state index in [-0.39, 0.29) is 0 Å². The lowest BCUT2D eigenvalue weighted by Gasteiger charge is -2.06. The van der Waals surface area contributed by atoms with Crippen molar-refractivity contribution in [1.82, 2.24) is 4.98 Å². The molecule has 0 spiro atoms. The summed E-state index contributed by atoms with van der Waals surface area (Å²) < 4.78 is 46.7. The van der Waals surface area contributed by atoms with Crippen LogP contribution in [-0.4, -0.2) is 18.3 Å². The Morgan fingerprint density at radius 1 is 1.47 bits per heavy atom. The molecule has 11 heteroatoms. The fourth-order valence-electron chi connectivity index (χ4n) is 1.03. The highest BCUT2D eigenvalue weighted by atomic mass is 32.2. The van der Waals surface area contributed by atoms with Gasteiger partial charge in [-0.1, -0.05) is 0 Å². The number of alkyl halides is 2. The lowest BCUT2D eigenvalue weighted by Crippen LogP contribution is -2.18. The highest BCUT2D eigenvalue weighted by Crippen LogP contribution is 2.30. The lowest BCUT2D eigenvalue weighted by atomic mass is 10.3. The summed E-state index contributed by atoms with van der Waals surface area (Å²) in [6.45, 7) is 0. The molecular formula is C6H6F2N4O4S. The summed E-state index contributed by atoms with van der Waals surface area (Å²) in [7, 11) is -4.59. The predicted octanol–water partition coefficient (Wildman–Crippen LogP) is 0.157. The Morgan fingerprint density at radius 3 is 2.35 bits per heavy atom. The SMILES string of the molecule is Nc1cc([N+](=O)[O-])c(S(N)(=O)=O)nc1C(F)F. The molecular weight excluding hydrogens is 262 g/mol. The van der Waals surface area contributed by atoms with Crippen LogP contribution in [0.2, 0.25) is 0 Å². The monoisotopic (exact) mass is 268 g/mol. The first-order chi connectivity index (χ1) is 7.64. The number of hydrogen-bond donors (Lipinski definition) is 2. The maximum atomic E-state index is 12.4. The molecule has 1 aromatic rings. The van der Waals surface area contributed by atoms with Gasteiger partial charge in [-0.05, 0) is 0 Å². The molecule has 94 valence electrons. The van der Waals surface area contributed by atoms with E-state index in [1.165, 1.54) is 0 Å². The number of nitrogens with two attached hydrogens (primary N) is 2. The van der Waals surface area contributed by atoms with E-state index in [0.29, 0.717) is 6.07 Å². The summed E-state index contributed by atoms with van der Waals surface area (Å²) in [5.41, 5.74) is 2.29. The smallest absolute Gasteiger partial charge is 0.310 e. The maximum absolute atomic E-state index is 12.4. The average Bonchev–Trinajstić information content (AvgIpc) is 2.14. The van der Waals surface area contributed by atoms with Crippen LogP contribution in [0.4, 0.5) is 20.2 Å². The van der Waals surface area contributed by atoms with E-state index in [1.54, 1.807) is 0 Å². The minimum Gasteiger partial charge on any atom is -0.397 e. The van der Waals surface area contributed by atoms with Gasteiger partial charge in [-0.3, -0.25) is 10.1 Å². The van der Waals surface area contributed by atoms with Crippen LogP contribution in [0.15, 0.2) is 11.1 Å². The summed E-state index contributed by atoms with van der Waals surface area (Å²) in [5, 5.41) is 13.9. The third-order valence-corrected chi connectivity index (χ3v) is 2.54. The Labute approximate surface area is 93.4 Å². The van der Waals surface area contributed by atoms with Crippen molar-refractivity contribution in [3.05, 3.63) is 21.9 Å². The Balaban J connectivity index is 3.66. The number of pyridine rings is 1. The molecule has 0 radical (unpaired) electrons. The molecule has 0 aliphatic heterocycles. The van der Waals surface area contributed by atoms with Gasteiger partial charge in [0.05, 0.1) is 10.6 Å². The third kappa shape index (κ3) is 2.62. The van der Waals surface area contributed by atoms with Crippen molar-refractivity contribution in [1.29, 1.82) is 0 Å². The number of sulfonamides is 1. The Hall–Kier alpha value is -1.88. The molecule has 1 aromatic heterocycles. The van der Waals surface area contributed by atoms with E-state index < -0.39 is 43.5 Å². The molecule has 0 aromatic carbocycles. The van der Waals surface area contributed by atoms with Crippen LogP contribution in [0.3, 0.4) is 0 Å². The number of halogens is 2. The van der Waals surface area contributed by atoms with Crippen LogP contribution in [-0.2, 0) is 10.0 Å². The van der Waals surface area contributed by atoms with Crippen LogP contribution >= 0.6 is 0 Å². The van der Waals surface area contributed by atoms with Crippen molar-refractivity contribution in [2.75, 3.05) is 5.73 Å². The van der Waals surface area contributed by atoms with E-state index in [1.807, 2.05) is 0 Å². The molecule has 0 aliphatic rings. The second kappa shape index (κ2) is 4.18. The molecule has 0 saturated carbocycles. The number of nitrogen functional groups attached to an aromatic ring is 1. The van der Waals surface area contributed by atoms with Crippen LogP contribution < -0.4 is 10.9 Å². The van der Waals surface area contributed by atoms with Gasteiger partial charge in [0.2, 0.25) is 5.03 Å². The summed E-state index contributed by atoms with van der Waals surface area (Å²) >= 11 is 0.